The van der Waals surface area contributed by atoms with E-state index in [-0.39, 0.29) is 18.9 Å². The van der Waals surface area contributed by atoms with Gasteiger partial charge in [-0.3, -0.25) is 0 Å². The Morgan fingerprint density at radius 3 is 2.35 bits per heavy atom. The normalized spacial score (nSPS) is 19.2. The molecule has 2 nitrogen and oxygen atoms in total. The predicted octanol–water partition coefficient (Wildman–Crippen LogP) is 4.25. The lowest BCUT2D eigenvalue weighted by Gasteiger charge is -2.35. The molecule has 0 spiro atoms. The molecule has 112 valence electrons. The zero-order valence-corrected chi connectivity index (χ0v) is 12.8. The maximum Gasteiger partial charge on any atom is 0.391 e. The molecule has 2 rings (SSSR count). The van der Waals surface area contributed by atoms with Crippen molar-refractivity contribution in [2.45, 2.75) is 32.0 Å². The molecule has 20 heavy (non-hydrogen) atoms. The Morgan fingerprint density at radius 2 is 1.90 bits per heavy atom. The largest absolute Gasteiger partial charge is 0.391 e. The summed E-state index contributed by atoms with van der Waals surface area (Å²) in [5, 5.41) is 0. The van der Waals surface area contributed by atoms with Crippen molar-refractivity contribution in [1.82, 2.24) is 0 Å². The summed E-state index contributed by atoms with van der Waals surface area (Å²) < 4.78 is 38.8. The molecule has 1 aromatic rings. The smallest absolute Gasteiger partial charge is 0.371 e. The number of piperidine rings is 1. The molecular weight excluding hydrogens is 333 g/mol. The van der Waals surface area contributed by atoms with Crippen LogP contribution in [0.2, 0.25) is 0 Å². The van der Waals surface area contributed by atoms with E-state index in [2.05, 4.69) is 15.9 Å². The first-order valence-corrected chi connectivity index (χ1v) is 7.45. The molecule has 0 aliphatic carbocycles. The van der Waals surface area contributed by atoms with Gasteiger partial charge in [-0.2, -0.15) is 13.2 Å². The minimum atomic E-state index is -4.07. The summed E-state index contributed by atoms with van der Waals surface area (Å²) >= 11 is 3.49. The van der Waals surface area contributed by atoms with Crippen LogP contribution in [0.4, 0.5) is 18.9 Å². The summed E-state index contributed by atoms with van der Waals surface area (Å²) in [6.45, 7) is 2.76. The van der Waals surface area contributed by atoms with E-state index in [9.17, 15) is 13.2 Å². The van der Waals surface area contributed by atoms with Crippen molar-refractivity contribution in [3.8, 4) is 0 Å². The van der Waals surface area contributed by atoms with Gasteiger partial charge in [-0.25, -0.2) is 0 Å². The number of hydrogen-bond acceptors (Lipinski definition) is 2. The van der Waals surface area contributed by atoms with E-state index in [1.807, 2.05) is 30.0 Å². The molecule has 0 bridgehead atoms. The lowest BCUT2D eigenvalue weighted by molar-refractivity contribution is -0.179. The second-order valence-electron chi connectivity index (χ2n) is 5.30. The molecule has 1 heterocycles. The molecule has 1 aromatic carbocycles. The first-order chi connectivity index (χ1) is 9.29. The first kappa shape index (κ1) is 15.6. The van der Waals surface area contributed by atoms with Crippen LogP contribution in [-0.4, -0.2) is 19.3 Å². The number of halogens is 4. The number of nitrogens with zero attached hydrogens (tertiary/aromatic N) is 1. The summed E-state index contributed by atoms with van der Waals surface area (Å²) in [6.07, 6.45) is -3.75. The molecule has 1 aliphatic heterocycles. The number of nitrogens with two attached hydrogens (primary N) is 1. The molecule has 1 fully saturated rings. The molecule has 0 amide bonds. The van der Waals surface area contributed by atoms with Crippen LogP contribution in [0.5, 0.6) is 0 Å². The highest BCUT2D eigenvalue weighted by Gasteiger charge is 2.41. The summed E-state index contributed by atoms with van der Waals surface area (Å²) in [4.78, 5) is 2.00. The van der Waals surface area contributed by atoms with Crippen molar-refractivity contribution in [3.05, 3.63) is 28.2 Å². The second-order valence-corrected chi connectivity index (χ2v) is 6.16. The van der Waals surface area contributed by atoms with Gasteiger partial charge >= 0.3 is 6.18 Å². The number of alkyl halides is 3. The maximum absolute atomic E-state index is 12.7. The van der Waals surface area contributed by atoms with Crippen molar-refractivity contribution in [3.63, 3.8) is 0 Å². The van der Waals surface area contributed by atoms with Crippen LogP contribution in [0.3, 0.4) is 0 Å². The zero-order chi connectivity index (χ0) is 14.9. The third-order valence-corrected chi connectivity index (χ3v) is 4.43. The number of rotatable bonds is 2. The quantitative estimate of drug-likeness (QED) is 0.863. The number of hydrogen-bond donors (Lipinski definition) is 1. The predicted molar refractivity (Wildman–Crippen MR) is 77.7 cm³/mol. The third kappa shape index (κ3) is 3.47. The van der Waals surface area contributed by atoms with Gasteiger partial charge in [0.05, 0.1) is 11.6 Å². The van der Waals surface area contributed by atoms with Gasteiger partial charge in [-0.1, -0.05) is 6.07 Å². The maximum atomic E-state index is 12.7. The summed E-state index contributed by atoms with van der Waals surface area (Å²) in [5.74, 6) is -1.17. The molecule has 6 heteroatoms. The van der Waals surface area contributed by atoms with E-state index in [1.54, 1.807) is 0 Å². The van der Waals surface area contributed by atoms with E-state index >= 15 is 0 Å². The van der Waals surface area contributed by atoms with E-state index in [0.717, 1.165) is 15.7 Å². The molecule has 1 saturated heterocycles. The summed E-state index contributed by atoms with van der Waals surface area (Å²) in [7, 11) is 0. The molecule has 0 radical (unpaired) electrons. The second kappa shape index (κ2) is 5.93. The van der Waals surface area contributed by atoms with Crippen LogP contribution in [0.25, 0.3) is 0 Å². The summed E-state index contributed by atoms with van der Waals surface area (Å²) in [5.41, 5.74) is 7.76. The Hall–Kier alpha value is -0.750. The van der Waals surface area contributed by atoms with Crippen LogP contribution in [0, 0.1) is 5.92 Å². The van der Waals surface area contributed by atoms with Crippen LogP contribution in [0.15, 0.2) is 22.7 Å². The van der Waals surface area contributed by atoms with Gasteiger partial charge in [0.25, 0.3) is 0 Å². The van der Waals surface area contributed by atoms with Crippen LogP contribution in [-0.2, 0) is 0 Å². The average Bonchev–Trinajstić information content (AvgIpc) is 2.37. The van der Waals surface area contributed by atoms with E-state index in [1.165, 1.54) is 0 Å². The molecule has 0 saturated carbocycles. The van der Waals surface area contributed by atoms with E-state index in [4.69, 9.17) is 5.73 Å². The van der Waals surface area contributed by atoms with Gasteiger partial charge in [0.1, 0.15) is 0 Å². The van der Waals surface area contributed by atoms with E-state index in [0.29, 0.717) is 13.1 Å². The zero-order valence-electron chi connectivity index (χ0n) is 11.3. The van der Waals surface area contributed by atoms with Gasteiger partial charge in [0.15, 0.2) is 0 Å². The van der Waals surface area contributed by atoms with Gasteiger partial charge in [-0.15, -0.1) is 0 Å². The fraction of sp³-hybridized carbons (Fsp3) is 0.571. The Balaban J connectivity index is 2.07. The van der Waals surface area contributed by atoms with Crippen molar-refractivity contribution >= 4 is 21.6 Å². The Morgan fingerprint density at radius 1 is 1.30 bits per heavy atom. The minimum absolute atomic E-state index is 0.0590. The monoisotopic (exact) mass is 350 g/mol. The van der Waals surface area contributed by atoms with Crippen LogP contribution in [0.1, 0.15) is 31.4 Å². The molecule has 0 aromatic heterocycles. The highest BCUT2D eigenvalue weighted by molar-refractivity contribution is 9.10. The highest BCUT2D eigenvalue weighted by Crippen LogP contribution is 2.37. The summed E-state index contributed by atoms with van der Waals surface area (Å²) in [6, 6.07) is 5.74. The standard InChI is InChI=1S/C14H18BrF3N2/c1-9(19)10-2-3-13(12(15)8-10)20-6-4-11(5-7-20)14(16,17)18/h2-3,8-9,11H,4-7,19H2,1H3/t9-/m0/s1. The van der Waals surface area contributed by atoms with E-state index < -0.39 is 12.1 Å². The van der Waals surface area contributed by atoms with Gasteiger partial charge in [0, 0.05) is 23.6 Å². The average molecular weight is 351 g/mol. The Kier molecular flexibility index (Phi) is 4.64. The van der Waals surface area contributed by atoms with Gasteiger partial charge in [0.2, 0.25) is 0 Å². The molecule has 1 atom stereocenters. The van der Waals surface area contributed by atoms with Crippen molar-refractivity contribution in [2.75, 3.05) is 18.0 Å². The Labute approximate surface area is 125 Å². The fourth-order valence-corrected chi connectivity index (χ4v) is 3.16. The molecular formula is C14H18BrF3N2. The minimum Gasteiger partial charge on any atom is -0.371 e. The number of anilines is 1. The highest BCUT2D eigenvalue weighted by atomic mass is 79.9. The molecule has 0 unspecified atom stereocenters. The molecule has 2 N–H and O–H groups in total. The topological polar surface area (TPSA) is 29.3 Å². The van der Waals surface area contributed by atoms with Crippen molar-refractivity contribution < 1.29 is 13.2 Å². The Bertz CT molecular complexity index is 466. The first-order valence-electron chi connectivity index (χ1n) is 6.65. The third-order valence-electron chi connectivity index (χ3n) is 3.80. The lowest BCUT2D eigenvalue weighted by atomic mass is 9.96. The van der Waals surface area contributed by atoms with Crippen LogP contribution >= 0.6 is 15.9 Å². The van der Waals surface area contributed by atoms with Crippen molar-refractivity contribution in [2.24, 2.45) is 11.7 Å². The lowest BCUT2D eigenvalue weighted by Crippen LogP contribution is -2.39. The van der Waals surface area contributed by atoms with Gasteiger partial charge < -0.3 is 10.6 Å². The SMILES string of the molecule is C[C@H](N)c1ccc(N2CCC(C(F)(F)F)CC2)c(Br)c1. The number of benzene rings is 1. The van der Waals surface area contributed by atoms with Crippen molar-refractivity contribution in [1.29, 1.82) is 0 Å². The van der Waals surface area contributed by atoms with Gasteiger partial charge in [-0.05, 0) is 53.4 Å². The molecule has 1 aliphatic rings. The van der Waals surface area contributed by atoms with Crippen LogP contribution < -0.4 is 10.6 Å². The fourth-order valence-electron chi connectivity index (χ4n) is 2.51.